The molecule has 0 aliphatic heterocycles. The molecule has 0 spiro atoms. The SMILES string of the molecule is Cc1ccc(N)cc1Nc1nc(-c2cnc3ccc(Cl)nn23)cs1. The number of halogens is 1. The fraction of sp³-hybridized carbons (Fsp3) is 0.0625. The summed E-state index contributed by atoms with van der Waals surface area (Å²) in [6, 6.07) is 9.28. The molecule has 6 nitrogen and oxygen atoms in total. The van der Waals surface area contributed by atoms with Crippen LogP contribution >= 0.6 is 22.9 Å². The smallest absolute Gasteiger partial charge is 0.187 e. The van der Waals surface area contributed by atoms with Crippen LogP contribution in [0.15, 0.2) is 41.9 Å². The monoisotopic (exact) mass is 356 g/mol. The van der Waals surface area contributed by atoms with E-state index in [1.165, 1.54) is 11.3 Å². The van der Waals surface area contributed by atoms with Crippen molar-refractivity contribution in [1.82, 2.24) is 19.6 Å². The van der Waals surface area contributed by atoms with Gasteiger partial charge in [-0.2, -0.15) is 5.10 Å². The molecule has 0 aliphatic carbocycles. The predicted octanol–water partition coefficient (Wildman–Crippen LogP) is 4.14. The maximum atomic E-state index is 5.98. The van der Waals surface area contributed by atoms with Crippen LogP contribution in [0.25, 0.3) is 17.0 Å². The minimum Gasteiger partial charge on any atom is -0.399 e. The minimum absolute atomic E-state index is 0.408. The first kappa shape index (κ1) is 14.9. The number of nitrogen functional groups attached to an aromatic ring is 1. The molecule has 0 radical (unpaired) electrons. The summed E-state index contributed by atoms with van der Waals surface area (Å²) in [6.45, 7) is 2.02. The normalized spacial score (nSPS) is 11.1. The van der Waals surface area contributed by atoms with E-state index >= 15 is 0 Å². The standard InChI is InChI=1S/C16H13ClN6S/c1-9-2-3-10(18)6-11(9)20-16-21-12(8-24-16)13-7-19-15-5-4-14(17)22-23(13)15/h2-8H,18H2,1H3,(H,20,21). The van der Waals surface area contributed by atoms with Gasteiger partial charge >= 0.3 is 0 Å². The summed E-state index contributed by atoms with van der Waals surface area (Å²) >= 11 is 7.48. The molecule has 0 saturated carbocycles. The Hall–Kier alpha value is -2.64. The highest BCUT2D eigenvalue weighted by Crippen LogP contribution is 2.29. The lowest BCUT2D eigenvalue weighted by Gasteiger charge is -2.07. The lowest BCUT2D eigenvalue weighted by molar-refractivity contribution is 0.940. The van der Waals surface area contributed by atoms with Crippen molar-refractivity contribution in [2.45, 2.75) is 6.92 Å². The highest BCUT2D eigenvalue weighted by Gasteiger charge is 2.12. The molecule has 3 N–H and O–H groups in total. The summed E-state index contributed by atoms with van der Waals surface area (Å²) in [7, 11) is 0. The largest absolute Gasteiger partial charge is 0.399 e. The molecule has 0 aliphatic rings. The molecule has 0 atom stereocenters. The number of hydrogen-bond acceptors (Lipinski definition) is 6. The van der Waals surface area contributed by atoms with Crippen LogP contribution < -0.4 is 11.1 Å². The lowest BCUT2D eigenvalue weighted by atomic mass is 10.2. The number of nitrogens with zero attached hydrogens (tertiary/aromatic N) is 4. The second-order valence-electron chi connectivity index (χ2n) is 5.31. The quantitative estimate of drug-likeness (QED) is 0.539. The number of anilines is 3. The van der Waals surface area contributed by atoms with Gasteiger partial charge in [0.2, 0.25) is 0 Å². The third-order valence-corrected chi connectivity index (χ3v) is 4.56. The van der Waals surface area contributed by atoms with Gasteiger partial charge in [0, 0.05) is 16.8 Å². The minimum atomic E-state index is 0.408. The third-order valence-electron chi connectivity index (χ3n) is 3.60. The molecular formula is C16H13ClN6S. The Kier molecular flexibility index (Phi) is 3.59. The number of hydrogen-bond donors (Lipinski definition) is 2. The van der Waals surface area contributed by atoms with Crippen LogP contribution in [0.3, 0.4) is 0 Å². The summed E-state index contributed by atoms with van der Waals surface area (Å²) < 4.78 is 1.69. The zero-order valence-electron chi connectivity index (χ0n) is 12.7. The topological polar surface area (TPSA) is 81.1 Å². The van der Waals surface area contributed by atoms with Gasteiger partial charge in [0.15, 0.2) is 10.8 Å². The molecule has 0 fully saturated rings. The van der Waals surface area contributed by atoms with Gasteiger partial charge in [-0.3, -0.25) is 0 Å². The van der Waals surface area contributed by atoms with E-state index in [0.717, 1.165) is 33.4 Å². The Balaban J connectivity index is 1.69. The molecule has 1 aromatic carbocycles. The summed E-state index contributed by atoms with van der Waals surface area (Å²) in [5, 5.41) is 10.7. The van der Waals surface area contributed by atoms with E-state index in [2.05, 4.69) is 20.4 Å². The van der Waals surface area contributed by atoms with Crippen LogP contribution in [0.4, 0.5) is 16.5 Å². The second kappa shape index (κ2) is 5.77. The van der Waals surface area contributed by atoms with Crippen LogP contribution in [0.5, 0.6) is 0 Å². The third kappa shape index (κ3) is 2.68. The van der Waals surface area contributed by atoms with Crippen molar-refractivity contribution < 1.29 is 0 Å². The maximum Gasteiger partial charge on any atom is 0.187 e. The molecule has 8 heteroatoms. The van der Waals surface area contributed by atoms with E-state index < -0.39 is 0 Å². The number of aromatic nitrogens is 4. The van der Waals surface area contributed by atoms with Gasteiger partial charge < -0.3 is 11.1 Å². The van der Waals surface area contributed by atoms with Crippen molar-refractivity contribution in [2.24, 2.45) is 0 Å². The first-order valence-corrected chi connectivity index (χ1v) is 8.45. The van der Waals surface area contributed by atoms with Gasteiger partial charge in [0.1, 0.15) is 16.5 Å². The Labute approximate surface area is 146 Å². The second-order valence-corrected chi connectivity index (χ2v) is 6.55. The first-order valence-electron chi connectivity index (χ1n) is 7.19. The van der Waals surface area contributed by atoms with Crippen LogP contribution in [0.1, 0.15) is 5.56 Å². The molecule has 0 amide bonds. The van der Waals surface area contributed by atoms with Crippen LogP contribution in [-0.2, 0) is 0 Å². The van der Waals surface area contributed by atoms with Crippen molar-refractivity contribution in [3.05, 3.63) is 52.6 Å². The summed E-state index contributed by atoms with van der Waals surface area (Å²) in [5.74, 6) is 0. The molecule has 3 heterocycles. The van der Waals surface area contributed by atoms with Crippen molar-refractivity contribution in [2.75, 3.05) is 11.1 Å². The van der Waals surface area contributed by atoms with Crippen LogP contribution in [-0.4, -0.2) is 19.6 Å². The molecule has 4 rings (SSSR count). The average molecular weight is 357 g/mol. The van der Waals surface area contributed by atoms with Gasteiger partial charge in [0.05, 0.1) is 6.20 Å². The number of fused-ring (bicyclic) bond motifs is 1. The van der Waals surface area contributed by atoms with E-state index in [4.69, 9.17) is 17.3 Å². The number of aryl methyl sites for hydroxylation is 1. The summed E-state index contributed by atoms with van der Waals surface area (Å²) in [4.78, 5) is 8.95. The summed E-state index contributed by atoms with van der Waals surface area (Å²) in [5.41, 5.74) is 10.9. The van der Waals surface area contributed by atoms with Crippen molar-refractivity contribution in [3.63, 3.8) is 0 Å². The zero-order valence-corrected chi connectivity index (χ0v) is 14.3. The highest BCUT2D eigenvalue weighted by atomic mass is 35.5. The fourth-order valence-corrected chi connectivity index (χ4v) is 3.22. The van der Waals surface area contributed by atoms with Gasteiger partial charge in [-0.25, -0.2) is 14.5 Å². The number of benzene rings is 1. The first-order chi connectivity index (χ1) is 11.6. The molecule has 0 bridgehead atoms. The number of imidazole rings is 1. The Bertz CT molecular complexity index is 1040. The Morgan fingerprint density at radius 1 is 1.25 bits per heavy atom. The molecule has 0 saturated heterocycles. The molecule has 3 aromatic heterocycles. The van der Waals surface area contributed by atoms with E-state index in [9.17, 15) is 0 Å². The molecule has 24 heavy (non-hydrogen) atoms. The molecular weight excluding hydrogens is 344 g/mol. The Morgan fingerprint density at radius 3 is 3.00 bits per heavy atom. The van der Waals surface area contributed by atoms with E-state index in [0.29, 0.717) is 10.8 Å². The predicted molar refractivity (Wildman–Crippen MR) is 98.0 cm³/mol. The van der Waals surface area contributed by atoms with Gasteiger partial charge in [0.25, 0.3) is 0 Å². The maximum absolute atomic E-state index is 5.98. The van der Waals surface area contributed by atoms with E-state index in [1.807, 2.05) is 36.6 Å². The number of thiazole rings is 1. The number of rotatable bonds is 3. The Morgan fingerprint density at radius 2 is 2.12 bits per heavy atom. The number of nitrogens with two attached hydrogens (primary N) is 1. The van der Waals surface area contributed by atoms with E-state index in [-0.39, 0.29) is 0 Å². The molecule has 120 valence electrons. The molecule has 4 aromatic rings. The molecule has 0 unspecified atom stereocenters. The van der Waals surface area contributed by atoms with E-state index in [1.54, 1.807) is 16.8 Å². The summed E-state index contributed by atoms with van der Waals surface area (Å²) in [6.07, 6.45) is 1.74. The van der Waals surface area contributed by atoms with Crippen molar-refractivity contribution in [1.29, 1.82) is 0 Å². The lowest BCUT2D eigenvalue weighted by Crippen LogP contribution is -1.96. The highest BCUT2D eigenvalue weighted by molar-refractivity contribution is 7.14. The van der Waals surface area contributed by atoms with Gasteiger partial charge in [-0.1, -0.05) is 17.7 Å². The fourth-order valence-electron chi connectivity index (χ4n) is 2.36. The van der Waals surface area contributed by atoms with Crippen LogP contribution in [0.2, 0.25) is 5.15 Å². The van der Waals surface area contributed by atoms with Crippen LogP contribution in [0, 0.1) is 6.92 Å². The van der Waals surface area contributed by atoms with Gasteiger partial charge in [-0.15, -0.1) is 11.3 Å². The van der Waals surface area contributed by atoms with Gasteiger partial charge in [-0.05, 0) is 36.8 Å². The average Bonchev–Trinajstić information content (AvgIpc) is 3.17. The van der Waals surface area contributed by atoms with Crippen molar-refractivity contribution in [3.8, 4) is 11.4 Å². The van der Waals surface area contributed by atoms with Crippen molar-refractivity contribution >= 4 is 45.1 Å². The number of nitrogens with one attached hydrogen (secondary N) is 1. The zero-order chi connectivity index (χ0) is 16.7.